The third-order valence-electron chi connectivity index (χ3n) is 1.37. The van der Waals surface area contributed by atoms with Crippen LogP contribution in [0.4, 0.5) is 0 Å². The minimum atomic E-state index is -0.230. The summed E-state index contributed by atoms with van der Waals surface area (Å²) in [5.74, 6) is 1.75. The molecule has 0 aromatic carbocycles. The minimum Gasteiger partial charge on any atom is -0.391 e. The zero-order valence-corrected chi connectivity index (χ0v) is 8.69. The molecular formula is C8H19NO2S. The van der Waals surface area contributed by atoms with Gasteiger partial charge in [0.25, 0.3) is 0 Å². The summed E-state index contributed by atoms with van der Waals surface area (Å²) in [4.78, 5) is 0. The van der Waals surface area contributed by atoms with Crippen LogP contribution in [-0.2, 0) is 4.74 Å². The van der Waals surface area contributed by atoms with Crippen molar-refractivity contribution in [3.8, 4) is 0 Å². The summed E-state index contributed by atoms with van der Waals surface area (Å²) in [6.45, 7) is 4.40. The topological polar surface area (TPSA) is 41.5 Å². The molecule has 0 aromatic rings. The van der Waals surface area contributed by atoms with E-state index in [9.17, 15) is 5.11 Å². The maximum Gasteiger partial charge on any atom is 0.0754 e. The van der Waals surface area contributed by atoms with Crippen LogP contribution in [0.15, 0.2) is 0 Å². The van der Waals surface area contributed by atoms with E-state index in [2.05, 4.69) is 5.32 Å². The zero-order chi connectivity index (χ0) is 9.23. The molecule has 2 N–H and O–H groups in total. The van der Waals surface area contributed by atoms with Crippen LogP contribution in [0.25, 0.3) is 0 Å². The Balaban J connectivity index is 3.02. The summed E-state index contributed by atoms with van der Waals surface area (Å²) in [5.41, 5.74) is 0. The van der Waals surface area contributed by atoms with Crippen molar-refractivity contribution in [3.63, 3.8) is 0 Å². The van der Waals surface area contributed by atoms with Gasteiger partial charge in [-0.3, -0.25) is 0 Å². The average molecular weight is 193 g/mol. The van der Waals surface area contributed by atoms with Gasteiger partial charge in [0, 0.05) is 25.2 Å². The van der Waals surface area contributed by atoms with Crippen LogP contribution >= 0.6 is 11.8 Å². The monoisotopic (exact) mass is 193 g/mol. The van der Waals surface area contributed by atoms with Crippen molar-refractivity contribution in [1.82, 2.24) is 5.32 Å². The normalized spacial score (nSPS) is 13.2. The number of hydrogen-bond acceptors (Lipinski definition) is 4. The predicted molar refractivity (Wildman–Crippen MR) is 53.8 cm³/mol. The second-order valence-electron chi connectivity index (χ2n) is 2.53. The van der Waals surface area contributed by atoms with Gasteiger partial charge in [-0.15, -0.1) is 0 Å². The first-order chi connectivity index (χ1) is 5.81. The third-order valence-corrected chi connectivity index (χ3v) is 2.45. The first-order valence-corrected chi connectivity index (χ1v) is 5.42. The molecule has 12 heavy (non-hydrogen) atoms. The minimum absolute atomic E-state index is 0.230. The van der Waals surface area contributed by atoms with Gasteiger partial charge in [0.15, 0.2) is 0 Å². The predicted octanol–water partition coefficient (Wildman–Crippen LogP) is 0.336. The van der Waals surface area contributed by atoms with Crippen LogP contribution in [-0.4, -0.2) is 49.5 Å². The Kier molecular flexibility index (Phi) is 9.50. The lowest BCUT2D eigenvalue weighted by Gasteiger charge is -2.09. The molecule has 0 heterocycles. The van der Waals surface area contributed by atoms with Gasteiger partial charge in [0.2, 0.25) is 0 Å². The third kappa shape index (κ3) is 8.33. The fraction of sp³-hybridized carbons (Fsp3) is 1.00. The Labute approximate surface area is 78.9 Å². The highest BCUT2D eigenvalue weighted by molar-refractivity contribution is 7.99. The molecule has 0 aliphatic carbocycles. The number of likely N-dealkylation sites (N-methyl/N-ethyl adjacent to an activating group) is 1. The highest BCUT2D eigenvalue weighted by atomic mass is 32.2. The molecule has 0 spiro atoms. The number of hydrogen-bond donors (Lipinski definition) is 2. The maximum atomic E-state index is 9.36. The van der Waals surface area contributed by atoms with E-state index in [1.54, 1.807) is 18.9 Å². The summed E-state index contributed by atoms with van der Waals surface area (Å²) in [6.07, 6.45) is -0.230. The number of aliphatic hydroxyl groups excluding tert-OH is 1. The van der Waals surface area contributed by atoms with Crippen molar-refractivity contribution in [3.05, 3.63) is 0 Å². The Morgan fingerprint density at radius 2 is 2.33 bits per heavy atom. The highest BCUT2D eigenvalue weighted by Gasteiger charge is 2.01. The SMILES string of the molecule is CCNCC(O)CSCCOC. The molecule has 74 valence electrons. The summed E-state index contributed by atoms with van der Waals surface area (Å²) < 4.78 is 4.89. The fourth-order valence-corrected chi connectivity index (χ4v) is 1.57. The van der Waals surface area contributed by atoms with Crippen LogP contribution in [0, 0.1) is 0 Å². The lowest BCUT2D eigenvalue weighted by Crippen LogP contribution is -2.28. The Hall–Kier alpha value is 0.230. The van der Waals surface area contributed by atoms with E-state index in [1.807, 2.05) is 6.92 Å². The van der Waals surface area contributed by atoms with Crippen LogP contribution in [0.1, 0.15) is 6.92 Å². The van der Waals surface area contributed by atoms with E-state index < -0.39 is 0 Å². The smallest absolute Gasteiger partial charge is 0.0754 e. The molecule has 0 amide bonds. The summed E-state index contributed by atoms with van der Waals surface area (Å²) in [5, 5.41) is 12.4. The van der Waals surface area contributed by atoms with Crippen molar-refractivity contribution >= 4 is 11.8 Å². The zero-order valence-electron chi connectivity index (χ0n) is 7.88. The van der Waals surface area contributed by atoms with E-state index in [-0.39, 0.29) is 6.10 Å². The standard InChI is InChI=1S/C8H19NO2S/c1-3-9-6-8(10)7-12-5-4-11-2/h8-10H,3-7H2,1-2H3. The Bertz CT molecular complexity index is 93.1. The lowest BCUT2D eigenvalue weighted by molar-refractivity contribution is 0.196. The molecule has 0 aliphatic rings. The summed E-state index contributed by atoms with van der Waals surface area (Å²) in [7, 11) is 1.69. The van der Waals surface area contributed by atoms with Crippen LogP contribution in [0.5, 0.6) is 0 Å². The first kappa shape index (κ1) is 12.2. The van der Waals surface area contributed by atoms with Crippen molar-refractivity contribution in [1.29, 1.82) is 0 Å². The summed E-state index contributed by atoms with van der Waals surface area (Å²) in [6, 6.07) is 0. The highest BCUT2D eigenvalue weighted by Crippen LogP contribution is 2.01. The van der Waals surface area contributed by atoms with Crippen molar-refractivity contribution in [2.75, 3.05) is 38.3 Å². The molecule has 0 fully saturated rings. The largest absolute Gasteiger partial charge is 0.391 e. The molecule has 1 atom stereocenters. The molecule has 4 heteroatoms. The van der Waals surface area contributed by atoms with Gasteiger partial charge in [-0.05, 0) is 6.54 Å². The number of methoxy groups -OCH3 is 1. The average Bonchev–Trinajstić information content (AvgIpc) is 2.09. The van der Waals surface area contributed by atoms with Gasteiger partial charge in [0.1, 0.15) is 0 Å². The maximum absolute atomic E-state index is 9.36. The van der Waals surface area contributed by atoms with Gasteiger partial charge in [-0.1, -0.05) is 6.92 Å². The van der Waals surface area contributed by atoms with E-state index in [0.717, 1.165) is 24.7 Å². The summed E-state index contributed by atoms with van der Waals surface area (Å²) >= 11 is 1.72. The molecular weight excluding hydrogens is 174 g/mol. The molecule has 0 saturated carbocycles. The van der Waals surface area contributed by atoms with Crippen LogP contribution in [0.2, 0.25) is 0 Å². The van der Waals surface area contributed by atoms with Gasteiger partial charge < -0.3 is 15.2 Å². The second kappa shape index (κ2) is 9.32. The first-order valence-electron chi connectivity index (χ1n) is 4.26. The second-order valence-corrected chi connectivity index (χ2v) is 3.68. The van der Waals surface area contributed by atoms with Crippen molar-refractivity contribution in [2.24, 2.45) is 0 Å². The van der Waals surface area contributed by atoms with E-state index in [0.29, 0.717) is 6.54 Å². The van der Waals surface area contributed by atoms with E-state index >= 15 is 0 Å². The molecule has 0 aliphatic heterocycles. The molecule has 1 unspecified atom stereocenters. The Morgan fingerprint density at radius 1 is 1.58 bits per heavy atom. The van der Waals surface area contributed by atoms with Gasteiger partial charge >= 0.3 is 0 Å². The number of thioether (sulfide) groups is 1. The van der Waals surface area contributed by atoms with Crippen LogP contribution in [0.3, 0.4) is 0 Å². The van der Waals surface area contributed by atoms with Gasteiger partial charge in [-0.25, -0.2) is 0 Å². The van der Waals surface area contributed by atoms with E-state index in [4.69, 9.17) is 4.74 Å². The van der Waals surface area contributed by atoms with Crippen molar-refractivity contribution in [2.45, 2.75) is 13.0 Å². The Morgan fingerprint density at radius 3 is 2.92 bits per heavy atom. The van der Waals surface area contributed by atoms with E-state index in [1.165, 1.54) is 0 Å². The fourth-order valence-electron chi connectivity index (χ4n) is 0.732. The number of aliphatic hydroxyl groups is 1. The number of rotatable bonds is 8. The number of ether oxygens (including phenoxy) is 1. The molecule has 0 rings (SSSR count). The van der Waals surface area contributed by atoms with Gasteiger partial charge in [-0.2, -0.15) is 11.8 Å². The molecule has 0 aromatic heterocycles. The molecule has 0 radical (unpaired) electrons. The van der Waals surface area contributed by atoms with Gasteiger partial charge in [0.05, 0.1) is 12.7 Å². The molecule has 0 bridgehead atoms. The molecule has 3 nitrogen and oxygen atoms in total. The lowest BCUT2D eigenvalue weighted by atomic mass is 10.4. The van der Waals surface area contributed by atoms with Crippen molar-refractivity contribution < 1.29 is 9.84 Å². The number of nitrogens with one attached hydrogen (secondary N) is 1. The quantitative estimate of drug-likeness (QED) is 0.545. The molecule has 0 saturated heterocycles. The van der Waals surface area contributed by atoms with Crippen LogP contribution < -0.4 is 5.32 Å².